The van der Waals surface area contributed by atoms with E-state index < -0.39 is 5.97 Å². The number of thioether (sulfide) groups is 1. The molecule has 0 aliphatic carbocycles. The van der Waals surface area contributed by atoms with E-state index in [0.717, 1.165) is 17.3 Å². The topological polar surface area (TPSA) is 69.2 Å². The molecule has 0 unspecified atom stereocenters. The Hall–Kier alpha value is -0.660. The molecule has 1 aromatic carbocycles. The molecule has 0 spiro atoms. The number of rotatable bonds is 2. The van der Waals surface area contributed by atoms with Crippen molar-refractivity contribution in [3.63, 3.8) is 0 Å². The molecule has 1 heterocycles. The summed E-state index contributed by atoms with van der Waals surface area (Å²) in [6.45, 7) is 0. The van der Waals surface area contributed by atoms with Gasteiger partial charge in [0.05, 0.1) is 10.9 Å². The van der Waals surface area contributed by atoms with Crippen molar-refractivity contribution in [1.82, 2.24) is 5.32 Å². The minimum absolute atomic E-state index is 0. The van der Waals surface area contributed by atoms with Crippen LogP contribution in [0.15, 0.2) is 29.2 Å². The van der Waals surface area contributed by atoms with E-state index >= 15 is 0 Å². The Bertz CT molecular complexity index is 540. The van der Waals surface area contributed by atoms with Gasteiger partial charge in [0.25, 0.3) is 5.24 Å². The predicted octanol–water partition coefficient (Wildman–Crippen LogP) is -1.82. The molecule has 4 nitrogen and oxygen atoms in total. The van der Waals surface area contributed by atoms with Gasteiger partial charge in [0, 0.05) is 0 Å². The van der Waals surface area contributed by atoms with Gasteiger partial charge in [0.15, 0.2) is 0 Å². The second-order valence-electron chi connectivity index (χ2n) is 3.26. The molecule has 1 aliphatic rings. The van der Waals surface area contributed by atoms with Gasteiger partial charge in [-0.3, -0.25) is 4.79 Å². The van der Waals surface area contributed by atoms with Crippen LogP contribution in [0.3, 0.4) is 0 Å². The summed E-state index contributed by atoms with van der Waals surface area (Å²) in [5.41, 5.74) is 0.888. The molecular weight excluding hydrogens is 281 g/mol. The zero-order valence-electron chi connectivity index (χ0n) is 9.43. The number of amides is 1. The number of hydrogen-bond acceptors (Lipinski definition) is 5. The molecule has 1 N–H and O–H groups in total. The van der Waals surface area contributed by atoms with Gasteiger partial charge in [-0.15, -0.1) is 0 Å². The molecule has 0 radical (unpaired) electrons. The average Bonchev–Trinajstić information content (AvgIpc) is 2.58. The summed E-state index contributed by atoms with van der Waals surface area (Å²) in [5.74, 6) is -1.22. The van der Waals surface area contributed by atoms with Crippen LogP contribution in [0.1, 0.15) is 15.9 Å². The molecule has 1 fully saturated rings. The first-order valence-corrected chi connectivity index (χ1v) is 5.85. The van der Waals surface area contributed by atoms with E-state index in [9.17, 15) is 14.7 Å². The van der Waals surface area contributed by atoms with Gasteiger partial charge in [0.2, 0.25) is 0 Å². The Morgan fingerprint density at radius 2 is 1.94 bits per heavy atom. The summed E-state index contributed by atoms with van der Waals surface area (Å²) < 4.78 is 0. The molecular formula is C11H6NNaO3S2. The molecule has 18 heavy (non-hydrogen) atoms. The van der Waals surface area contributed by atoms with Crippen LogP contribution in [0, 0.1) is 0 Å². The van der Waals surface area contributed by atoms with Crippen LogP contribution in [-0.4, -0.2) is 16.2 Å². The summed E-state index contributed by atoms with van der Waals surface area (Å²) in [6, 6.07) is 6.15. The maximum absolute atomic E-state index is 11.0. The van der Waals surface area contributed by atoms with Crippen molar-refractivity contribution in [3.05, 3.63) is 40.3 Å². The number of carbonyl (C=O) groups is 2. The smallest absolute Gasteiger partial charge is 0.545 e. The van der Waals surface area contributed by atoms with Gasteiger partial charge in [0.1, 0.15) is 4.99 Å². The first-order valence-electron chi connectivity index (χ1n) is 4.62. The molecule has 0 saturated carbocycles. The Balaban J connectivity index is 0.00000162. The van der Waals surface area contributed by atoms with E-state index in [1.807, 2.05) is 0 Å². The van der Waals surface area contributed by atoms with Crippen molar-refractivity contribution >= 4 is 46.3 Å². The Morgan fingerprint density at radius 3 is 2.39 bits per heavy atom. The Morgan fingerprint density at radius 1 is 1.33 bits per heavy atom. The van der Waals surface area contributed by atoms with Gasteiger partial charge in [-0.25, -0.2) is 0 Å². The second kappa shape index (κ2) is 6.49. The van der Waals surface area contributed by atoms with E-state index in [0.29, 0.717) is 9.89 Å². The van der Waals surface area contributed by atoms with Crippen molar-refractivity contribution in [2.45, 2.75) is 0 Å². The molecule has 7 heteroatoms. The molecule has 0 bridgehead atoms. The minimum Gasteiger partial charge on any atom is -0.545 e. The fraction of sp³-hybridized carbons (Fsp3) is 0. The fourth-order valence-corrected chi connectivity index (χ4v) is 2.32. The van der Waals surface area contributed by atoms with E-state index in [2.05, 4.69) is 5.32 Å². The summed E-state index contributed by atoms with van der Waals surface area (Å²) in [5, 5.41) is 12.8. The van der Waals surface area contributed by atoms with Crippen molar-refractivity contribution in [2.24, 2.45) is 0 Å². The minimum atomic E-state index is -1.22. The zero-order valence-corrected chi connectivity index (χ0v) is 13.1. The third-order valence-corrected chi connectivity index (χ3v) is 3.37. The largest absolute Gasteiger partial charge is 1.00 e. The van der Waals surface area contributed by atoms with Crippen LogP contribution in [0.5, 0.6) is 0 Å². The zero-order chi connectivity index (χ0) is 12.4. The number of carboxylic acids is 1. The monoisotopic (exact) mass is 287 g/mol. The standard InChI is InChI=1S/C11H7NO3S2.Na/c13-10(14)7-3-1-6(2-4-7)5-8-9(16)12-11(15)17-8;/h1-5H,(H,13,14)(H,12,15,16);/q;+1/p-1/b8-5-;. The van der Waals surface area contributed by atoms with Gasteiger partial charge in [-0.1, -0.05) is 36.5 Å². The predicted molar refractivity (Wildman–Crippen MR) is 67.5 cm³/mol. The van der Waals surface area contributed by atoms with Crippen LogP contribution < -0.4 is 40.0 Å². The average molecular weight is 287 g/mol. The van der Waals surface area contributed by atoms with Crippen molar-refractivity contribution in [3.8, 4) is 0 Å². The number of carboxylic acid groups (broad SMARTS) is 1. The van der Waals surface area contributed by atoms with E-state index in [1.165, 1.54) is 12.1 Å². The summed E-state index contributed by atoms with van der Waals surface area (Å²) in [4.78, 5) is 22.6. The Kier molecular flexibility index (Phi) is 5.55. The number of nitrogens with one attached hydrogen (secondary N) is 1. The first kappa shape index (κ1) is 15.4. The molecule has 1 aliphatic heterocycles. The number of carbonyl (C=O) groups excluding carboxylic acids is 2. The molecule has 2 rings (SSSR count). The summed E-state index contributed by atoms with van der Waals surface area (Å²) in [7, 11) is 0. The molecule has 86 valence electrons. The molecule has 1 amide bonds. The van der Waals surface area contributed by atoms with Crippen LogP contribution in [0.4, 0.5) is 4.79 Å². The molecule has 1 saturated heterocycles. The number of aromatic carboxylic acids is 1. The summed E-state index contributed by atoms with van der Waals surface area (Å²) >= 11 is 5.98. The quantitative estimate of drug-likeness (QED) is 0.394. The van der Waals surface area contributed by atoms with Gasteiger partial charge in [-0.2, -0.15) is 0 Å². The van der Waals surface area contributed by atoms with Crippen LogP contribution in [0.2, 0.25) is 0 Å². The van der Waals surface area contributed by atoms with Crippen LogP contribution in [0.25, 0.3) is 6.08 Å². The van der Waals surface area contributed by atoms with Gasteiger partial charge in [-0.05, 0) is 29.0 Å². The fourth-order valence-electron chi connectivity index (χ4n) is 1.29. The van der Waals surface area contributed by atoms with Gasteiger partial charge < -0.3 is 15.2 Å². The first-order chi connectivity index (χ1) is 8.06. The number of hydrogen-bond donors (Lipinski definition) is 1. The van der Waals surface area contributed by atoms with Crippen molar-refractivity contribution in [2.75, 3.05) is 0 Å². The maximum Gasteiger partial charge on any atom is 1.00 e. The number of benzene rings is 1. The maximum atomic E-state index is 11.0. The normalized spacial score (nSPS) is 16.3. The van der Waals surface area contributed by atoms with Crippen molar-refractivity contribution < 1.29 is 44.3 Å². The van der Waals surface area contributed by atoms with Gasteiger partial charge >= 0.3 is 29.6 Å². The van der Waals surface area contributed by atoms with Crippen molar-refractivity contribution in [1.29, 1.82) is 0 Å². The third-order valence-electron chi connectivity index (χ3n) is 2.09. The Labute approximate surface area is 135 Å². The second-order valence-corrected chi connectivity index (χ2v) is 4.68. The van der Waals surface area contributed by atoms with Crippen LogP contribution in [-0.2, 0) is 0 Å². The van der Waals surface area contributed by atoms with E-state index in [1.54, 1.807) is 18.2 Å². The third kappa shape index (κ3) is 3.66. The molecule has 1 aromatic rings. The molecule has 0 atom stereocenters. The van der Waals surface area contributed by atoms with Crippen LogP contribution >= 0.6 is 24.0 Å². The number of thiocarbonyl (C=S) groups is 1. The summed E-state index contributed by atoms with van der Waals surface area (Å²) in [6.07, 6.45) is 1.73. The van der Waals surface area contributed by atoms with E-state index in [-0.39, 0.29) is 40.4 Å². The molecule has 0 aromatic heterocycles. The SMILES string of the molecule is O=C1NC(=S)/C(=C/c2ccc(C(=O)[O-])cc2)S1.[Na+]. The van der Waals surface area contributed by atoms with E-state index in [4.69, 9.17) is 12.2 Å².